The molecule has 94 valence electrons. The van der Waals surface area contributed by atoms with Crippen LogP contribution in [0.5, 0.6) is 0 Å². The highest BCUT2D eigenvalue weighted by atomic mass is 16.3. The minimum absolute atomic E-state index is 0.141. The van der Waals surface area contributed by atoms with E-state index in [9.17, 15) is 4.79 Å². The van der Waals surface area contributed by atoms with Gasteiger partial charge in [-0.2, -0.15) is 0 Å². The first-order valence-corrected chi connectivity index (χ1v) is 5.47. The van der Waals surface area contributed by atoms with Crippen LogP contribution >= 0.6 is 0 Å². The highest BCUT2D eigenvalue weighted by Crippen LogP contribution is 2.16. The van der Waals surface area contributed by atoms with E-state index in [0.29, 0.717) is 11.3 Å². The second-order valence-electron chi connectivity index (χ2n) is 3.83. The van der Waals surface area contributed by atoms with Gasteiger partial charge in [-0.05, 0) is 19.1 Å². The summed E-state index contributed by atoms with van der Waals surface area (Å²) in [6.45, 7) is 1.97. The molecule has 1 rings (SSSR count). The third-order valence-corrected chi connectivity index (χ3v) is 2.47. The molecule has 0 bridgehead atoms. The van der Waals surface area contributed by atoms with Crippen LogP contribution < -0.4 is 5.73 Å². The molecule has 0 saturated carbocycles. The number of nitrogens with zero attached hydrogens (tertiary/aromatic N) is 1. The Labute approximate surface area is 100 Å². The molecule has 5 nitrogen and oxygen atoms in total. The Morgan fingerprint density at radius 3 is 2.41 bits per heavy atom. The van der Waals surface area contributed by atoms with Crippen molar-refractivity contribution in [2.24, 2.45) is 0 Å². The SMILES string of the molecule is Cc1ccc(N)c(C(=O)N(CCO)CCO)c1. The third kappa shape index (κ3) is 3.44. The lowest BCUT2D eigenvalue weighted by Gasteiger charge is -2.21. The molecule has 4 N–H and O–H groups in total. The fourth-order valence-electron chi connectivity index (χ4n) is 1.58. The summed E-state index contributed by atoms with van der Waals surface area (Å²) in [5.74, 6) is -0.269. The van der Waals surface area contributed by atoms with Crippen molar-refractivity contribution in [3.63, 3.8) is 0 Å². The van der Waals surface area contributed by atoms with Gasteiger partial charge in [0.1, 0.15) is 0 Å². The number of aliphatic hydroxyl groups excluding tert-OH is 2. The second-order valence-corrected chi connectivity index (χ2v) is 3.83. The molecular weight excluding hydrogens is 220 g/mol. The van der Waals surface area contributed by atoms with E-state index in [1.165, 1.54) is 4.90 Å². The smallest absolute Gasteiger partial charge is 0.256 e. The number of anilines is 1. The van der Waals surface area contributed by atoms with Gasteiger partial charge in [0.15, 0.2) is 0 Å². The molecule has 0 aliphatic heterocycles. The van der Waals surface area contributed by atoms with Gasteiger partial charge in [-0.1, -0.05) is 11.6 Å². The standard InChI is InChI=1S/C12H18N2O3/c1-9-2-3-11(13)10(8-9)12(17)14(4-6-15)5-7-16/h2-3,8,15-16H,4-7,13H2,1H3. The largest absolute Gasteiger partial charge is 0.398 e. The predicted molar refractivity (Wildman–Crippen MR) is 65.7 cm³/mol. The maximum absolute atomic E-state index is 12.1. The van der Waals surface area contributed by atoms with Crippen LogP contribution in [0.2, 0.25) is 0 Å². The zero-order valence-corrected chi connectivity index (χ0v) is 9.89. The van der Waals surface area contributed by atoms with E-state index >= 15 is 0 Å². The molecule has 0 aliphatic carbocycles. The van der Waals surface area contributed by atoms with E-state index in [1.54, 1.807) is 12.1 Å². The van der Waals surface area contributed by atoms with Crippen molar-refractivity contribution in [1.29, 1.82) is 0 Å². The maximum Gasteiger partial charge on any atom is 0.256 e. The summed E-state index contributed by atoms with van der Waals surface area (Å²) in [6, 6.07) is 5.21. The lowest BCUT2D eigenvalue weighted by molar-refractivity contribution is 0.0686. The number of carbonyl (C=O) groups is 1. The van der Waals surface area contributed by atoms with Crippen molar-refractivity contribution in [1.82, 2.24) is 4.90 Å². The monoisotopic (exact) mass is 238 g/mol. The van der Waals surface area contributed by atoms with Gasteiger partial charge in [0.25, 0.3) is 5.91 Å². The molecule has 0 fully saturated rings. The van der Waals surface area contributed by atoms with Crippen LogP contribution in [0.1, 0.15) is 15.9 Å². The summed E-state index contributed by atoms with van der Waals surface area (Å²) >= 11 is 0. The quantitative estimate of drug-likeness (QED) is 0.630. The van der Waals surface area contributed by atoms with Crippen molar-refractivity contribution < 1.29 is 15.0 Å². The summed E-state index contributed by atoms with van der Waals surface area (Å²) in [4.78, 5) is 13.5. The van der Waals surface area contributed by atoms with Gasteiger partial charge in [-0.25, -0.2) is 0 Å². The Hall–Kier alpha value is -1.59. The lowest BCUT2D eigenvalue weighted by atomic mass is 10.1. The molecule has 0 heterocycles. The molecule has 17 heavy (non-hydrogen) atoms. The van der Waals surface area contributed by atoms with E-state index < -0.39 is 0 Å². The molecular formula is C12H18N2O3. The molecule has 1 amide bonds. The van der Waals surface area contributed by atoms with Gasteiger partial charge in [0.05, 0.1) is 18.8 Å². The number of aliphatic hydroxyl groups is 2. The lowest BCUT2D eigenvalue weighted by Crippen LogP contribution is -2.36. The number of benzene rings is 1. The van der Waals surface area contributed by atoms with Crippen molar-refractivity contribution in [3.05, 3.63) is 29.3 Å². The molecule has 1 aromatic rings. The number of carbonyl (C=O) groups excluding carboxylic acids is 1. The van der Waals surface area contributed by atoms with Crippen LogP contribution in [-0.4, -0.2) is 47.3 Å². The summed E-state index contributed by atoms with van der Waals surface area (Å²) in [5.41, 5.74) is 7.50. The van der Waals surface area contributed by atoms with Crippen molar-refractivity contribution in [2.75, 3.05) is 32.0 Å². The molecule has 0 radical (unpaired) electrons. The second kappa shape index (κ2) is 6.22. The average Bonchev–Trinajstić information content (AvgIpc) is 2.31. The van der Waals surface area contributed by atoms with E-state index in [0.717, 1.165) is 5.56 Å². The van der Waals surface area contributed by atoms with Crippen molar-refractivity contribution in [2.45, 2.75) is 6.92 Å². The Morgan fingerprint density at radius 2 is 1.88 bits per heavy atom. The van der Waals surface area contributed by atoms with E-state index in [-0.39, 0.29) is 32.2 Å². The minimum Gasteiger partial charge on any atom is -0.398 e. The summed E-state index contributed by atoms with van der Waals surface area (Å²) in [5, 5.41) is 17.8. The number of nitrogens with two attached hydrogens (primary N) is 1. The molecule has 0 aromatic heterocycles. The fraction of sp³-hybridized carbons (Fsp3) is 0.417. The molecule has 0 aliphatic rings. The Morgan fingerprint density at radius 1 is 1.29 bits per heavy atom. The number of rotatable bonds is 5. The van der Waals surface area contributed by atoms with Crippen molar-refractivity contribution in [3.8, 4) is 0 Å². The summed E-state index contributed by atoms with van der Waals surface area (Å²) in [6.07, 6.45) is 0. The molecule has 0 unspecified atom stereocenters. The third-order valence-electron chi connectivity index (χ3n) is 2.47. The van der Waals surface area contributed by atoms with E-state index in [4.69, 9.17) is 15.9 Å². The van der Waals surface area contributed by atoms with Crippen LogP contribution in [0, 0.1) is 6.92 Å². The van der Waals surface area contributed by atoms with Crippen molar-refractivity contribution >= 4 is 11.6 Å². The number of aryl methyl sites for hydroxylation is 1. The fourth-order valence-corrected chi connectivity index (χ4v) is 1.58. The maximum atomic E-state index is 12.1. The molecule has 5 heteroatoms. The van der Waals surface area contributed by atoms with E-state index in [1.807, 2.05) is 13.0 Å². The zero-order valence-electron chi connectivity index (χ0n) is 9.89. The average molecular weight is 238 g/mol. The van der Waals surface area contributed by atoms with Gasteiger partial charge in [-0.3, -0.25) is 4.79 Å². The summed E-state index contributed by atoms with van der Waals surface area (Å²) in [7, 11) is 0. The zero-order chi connectivity index (χ0) is 12.8. The number of amides is 1. The Kier molecular flexibility index (Phi) is 4.93. The normalized spacial score (nSPS) is 10.3. The summed E-state index contributed by atoms with van der Waals surface area (Å²) < 4.78 is 0. The first kappa shape index (κ1) is 13.5. The predicted octanol–water partition coefficient (Wildman–Crippen LogP) is 0.00402. The van der Waals surface area contributed by atoms with Gasteiger partial charge >= 0.3 is 0 Å². The Balaban J connectivity index is 2.95. The van der Waals surface area contributed by atoms with Gasteiger partial charge in [0.2, 0.25) is 0 Å². The number of hydrogen-bond acceptors (Lipinski definition) is 4. The topological polar surface area (TPSA) is 86.8 Å². The molecule has 0 spiro atoms. The van der Waals surface area contributed by atoms with Crippen LogP contribution in [0.3, 0.4) is 0 Å². The minimum atomic E-state index is -0.269. The molecule has 0 atom stereocenters. The highest BCUT2D eigenvalue weighted by Gasteiger charge is 2.17. The highest BCUT2D eigenvalue weighted by molar-refractivity contribution is 5.99. The van der Waals surface area contributed by atoms with Crippen LogP contribution in [-0.2, 0) is 0 Å². The van der Waals surface area contributed by atoms with Gasteiger partial charge in [0, 0.05) is 18.8 Å². The van der Waals surface area contributed by atoms with Crippen LogP contribution in [0.25, 0.3) is 0 Å². The molecule has 0 saturated heterocycles. The number of hydrogen-bond donors (Lipinski definition) is 3. The first-order chi connectivity index (χ1) is 8.10. The van der Waals surface area contributed by atoms with Gasteiger partial charge < -0.3 is 20.8 Å². The van der Waals surface area contributed by atoms with Crippen LogP contribution in [0.4, 0.5) is 5.69 Å². The first-order valence-electron chi connectivity index (χ1n) is 5.47. The van der Waals surface area contributed by atoms with E-state index in [2.05, 4.69) is 0 Å². The van der Waals surface area contributed by atoms with Gasteiger partial charge in [-0.15, -0.1) is 0 Å². The number of nitrogen functional groups attached to an aromatic ring is 1. The molecule has 1 aromatic carbocycles. The van der Waals surface area contributed by atoms with Crippen LogP contribution in [0.15, 0.2) is 18.2 Å². The Bertz CT molecular complexity index is 387.